The number of nitrogens with zero attached hydrogens (tertiary/aromatic N) is 3. The largest absolute Gasteiger partial charge is 0.448 e. The van der Waals surface area contributed by atoms with E-state index >= 15 is 0 Å². The molecule has 0 radical (unpaired) electrons. The Labute approximate surface area is 168 Å². The quantitative estimate of drug-likeness (QED) is 0.777. The fourth-order valence-electron chi connectivity index (χ4n) is 4.43. The van der Waals surface area contributed by atoms with Crippen LogP contribution in [-0.2, 0) is 20.9 Å². The van der Waals surface area contributed by atoms with Crippen molar-refractivity contribution < 1.29 is 14.3 Å². The van der Waals surface area contributed by atoms with Gasteiger partial charge < -0.3 is 14.6 Å². The first-order valence-electron chi connectivity index (χ1n) is 9.31. The third-order valence-corrected chi connectivity index (χ3v) is 7.04. The minimum absolute atomic E-state index is 0.283. The molecule has 3 atom stereocenters. The summed E-state index contributed by atoms with van der Waals surface area (Å²) in [6.45, 7) is 6.22. The lowest BCUT2D eigenvalue weighted by molar-refractivity contribution is -0.168. The van der Waals surface area contributed by atoms with Gasteiger partial charge in [0.2, 0.25) is 0 Å². The number of rotatable bonds is 5. The predicted molar refractivity (Wildman–Crippen MR) is 102 cm³/mol. The van der Waals surface area contributed by atoms with Crippen molar-refractivity contribution in [3.63, 3.8) is 0 Å². The lowest BCUT2D eigenvalue weighted by Gasteiger charge is -2.36. The van der Waals surface area contributed by atoms with Gasteiger partial charge in [-0.2, -0.15) is 0 Å². The molecule has 1 saturated heterocycles. The molecule has 28 heavy (non-hydrogen) atoms. The van der Waals surface area contributed by atoms with E-state index in [2.05, 4.69) is 15.3 Å². The summed E-state index contributed by atoms with van der Waals surface area (Å²) >= 11 is 5.96. The summed E-state index contributed by atoms with van der Waals surface area (Å²) in [6, 6.07) is 3.10. The van der Waals surface area contributed by atoms with Crippen molar-refractivity contribution >= 4 is 23.5 Å². The fourth-order valence-corrected chi connectivity index (χ4v) is 4.55. The third-order valence-electron chi connectivity index (χ3n) is 6.82. The maximum absolute atomic E-state index is 13.4. The topological polar surface area (TPSA) is 86.1 Å². The van der Waals surface area contributed by atoms with Crippen LogP contribution in [0.4, 0.5) is 0 Å². The van der Waals surface area contributed by atoms with E-state index < -0.39 is 22.5 Å². The second-order valence-electron chi connectivity index (χ2n) is 8.36. The van der Waals surface area contributed by atoms with Crippen LogP contribution in [0, 0.1) is 10.8 Å². The summed E-state index contributed by atoms with van der Waals surface area (Å²) < 4.78 is 7.57. The molecule has 7 nitrogen and oxygen atoms in total. The summed E-state index contributed by atoms with van der Waals surface area (Å²) in [5, 5.41) is 3.60. The van der Waals surface area contributed by atoms with E-state index in [1.165, 1.54) is 0 Å². The van der Waals surface area contributed by atoms with Crippen molar-refractivity contribution in [2.45, 2.75) is 51.8 Å². The number of nitrogens with one attached hydrogen (secondary N) is 1. The molecule has 2 bridgehead atoms. The Balaban J connectivity index is 1.64. The predicted octanol–water partition coefficient (Wildman–Crippen LogP) is 2.91. The summed E-state index contributed by atoms with van der Waals surface area (Å²) in [5.74, 6) is -0.580. The van der Waals surface area contributed by atoms with Crippen LogP contribution in [0.25, 0.3) is 0 Å². The SMILES string of the molecule is CC12CC[C@](C(=O)NC(Cn3ccnc3)c3ccc(Cl)cn3)(OC1=O)C2(C)C. The van der Waals surface area contributed by atoms with Crippen molar-refractivity contribution in [3.8, 4) is 0 Å². The fraction of sp³-hybridized carbons (Fsp3) is 0.500. The number of carbonyl (C=O) groups excluding carboxylic acids is 2. The molecule has 0 aromatic carbocycles. The molecule has 2 fully saturated rings. The number of pyridine rings is 1. The molecule has 1 N–H and O–H groups in total. The highest BCUT2D eigenvalue weighted by Crippen LogP contribution is 2.65. The molecule has 8 heteroatoms. The molecule has 1 aliphatic heterocycles. The molecule has 1 saturated carbocycles. The first-order chi connectivity index (χ1) is 13.2. The van der Waals surface area contributed by atoms with E-state index in [4.69, 9.17) is 16.3 Å². The van der Waals surface area contributed by atoms with Gasteiger partial charge in [0.1, 0.15) is 0 Å². The number of halogens is 1. The molecule has 2 aromatic heterocycles. The second kappa shape index (κ2) is 6.30. The summed E-state index contributed by atoms with van der Waals surface area (Å²) in [7, 11) is 0. The standard InChI is InChI=1S/C20H23ClN4O3/c1-18(2)19(3)6-7-20(18,28-17(19)27)16(26)24-15(11-25-9-8-22-12-25)14-5-4-13(21)10-23-14/h4-5,8-10,12,15H,6-7,11H2,1-3H3,(H,24,26)/t15?,19?,20-/m1/s1. The Morgan fingerprint density at radius 3 is 2.68 bits per heavy atom. The van der Waals surface area contributed by atoms with E-state index in [0.717, 1.165) is 0 Å². The Morgan fingerprint density at radius 1 is 1.36 bits per heavy atom. The number of fused-ring (bicyclic) bond motifs is 2. The molecule has 2 aromatic rings. The van der Waals surface area contributed by atoms with Crippen molar-refractivity contribution in [2.75, 3.05) is 0 Å². The van der Waals surface area contributed by atoms with Gasteiger partial charge >= 0.3 is 5.97 Å². The first kappa shape index (κ1) is 18.9. The van der Waals surface area contributed by atoms with Gasteiger partial charge in [0.25, 0.3) is 5.91 Å². The van der Waals surface area contributed by atoms with Gasteiger partial charge in [-0.3, -0.25) is 14.6 Å². The molecular formula is C20H23ClN4O3. The normalized spacial score (nSPS) is 28.8. The minimum atomic E-state index is -1.17. The molecule has 1 aliphatic carbocycles. The molecule has 2 aliphatic rings. The monoisotopic (exact) mass is 402 g/mol. The number of esters is 1. The van der Waals surface area contributed by atoms with Crippen LogP contribution in [0.3, 0.4) is 0 Å². The lowest BCUT2D eigenvalue weighted by Crippen LogP contribution is -2.54. The zero-order valence-corrected chi connectivity index (χ0v) is 16.9. The number of hydrogen-bond donors (Lipinski definition) is 1. The molecule has 2 unspecified atom stereocenters. The van der Waals surface area contributed by atoms with Crippen molar-refractivity contribution in [3.05, 3.63) is 47.8 Å². The first-order valence-corrected chi connectivity index (χ1v) is 9.69. The molecule has 1 amide bonds. The van der Waals surface area contributed by atoms with E-state index in [-0.39, 0.29) is 11.9 Å². The molecular weight excluding hydrogens is 380 g/mol. The van der Waals surface area contributed by atoms with Crippen molar-refractivity contribution in [1.29, 1.82) is 0 Å². The number of imidazole rings is 1. The highest BCUT2D eigenvalue weighted by molar-refractivity contribution is 6.30. The molecule has 4 rings (SSSR count). The highest BCUT2D eigenvalue weighted by atomic mass is 35.5. The zero-order chi connectivity index (χ0) is 20.2. The van der Waals surface area contributed by atoms with Crippen LogP contribution in [0.2, 0.25) is 5.02 Å². The average molecular weight is 403 g/mol. The van der Waals surface area contributed by atoms with Gasteiger partial charge in [0, 0.05) is 30.6 Å². The van der Waals surface area contributed by atoms with Gasteiger partial charge in [0.05, 0.1) is 28.5 Å². The summed E-state index contributed by atoms with van der Waals surface area (Å²) in [4.78, 5) is 34.4. The highest BCUT2D eigenvalue weighted by Gasteiger charge is 2.75. The van der Waals surface area contributed by atoms with E-state index in [1.54, 1.807) is 30.9 Å². The van der Waals surface area contributed by atoms with E-state index in [0.29, 0.717) is 30.1 Å². The Kier molecular flexibility index (Phi) is 4.26. The van der Waals surface area contributed by atoms with Crippen molar-refractivity contribution in [1.82, 2.24) is 19.9 Å². The third kappa shape index (κ3) is 2.56. The smallest absolute Gasteiger partial charge is 0.313 e. The lowest BCUT2D eigenvalue weighted by atomic mass is 9.66. The number of carbonyl (C=O) groups is 2. The minimum Gasteiger partial charge on any atom is -0.448 e. The van der Waals surface area contributed by atoms with Crippen LogP contribution >= 0.6 is 11.6 Å². The summed E-state index contributed by atoms with van der Waals surface area (Å²) in [6.07, 6.45) is 7.88. The maximum Gasteiger partial charge on any atom is 0.313 e. The number of aromatic nitrogens is 3. The zero-order valence-electron chi connectivity index (χ0n) is 16.1. The summed E-state index contributed by atoms with van der Waals surface area (Å²) in [5.41, 5.74) is -1.75. The van der Waals surface area contributed by atoms with Gasteiger partial charge in [-0.15, -0.1) is 0 Å². The number of hydrogen-bond acceptors (Lipinski definition) is 5. The molecule has 0 spiro atoms. The van der Waals surface area contributed by atoms with E-state index in [9.17, 15) is 9.59 Å². The molecule has 148 valence electrons. The second-order valence-corrected chi connectivity index (χ2v) is 8.80. The van der Waals surface area contributed by atoms with Crippen molar-refractivity contribution in [2.24, 2.45) is 10.8 Å². The van der Waals surface area contributed by atoms with Gasteiger partial charge in [0.15, 0.2) is 5.60 Å². The molecule has 3 heterocycles. The number of ether oxygens (including phenoxy) is 1. The van der Waals surface area contributed by atoms with Crippen LogP contribution in [0.15, 0.2) is 37.1 Å². The van der Waals surface area contributed by atoms with Crippen LogP contribution < -0.4 is 5.32 Å². The van der Waals surface area contributed by atoms with Gasteiger partial charge in [-0.1, -0.05) is 25.4 Å². The van der Waals surface area contributed by atoms with E-state index in [1.807, 2.05) is 31.5 Å². The Morgan fingerprint density at radius 2 is 2.14 bits per heavy atom. The van der Waals surface area contributed by atoms with Gasteiger partial charge in [-0.05, 0) is 31.9 Å². The van der Waals surface area contributed by atoms with Crippen LogP contribution in [0.5, 0.6) is 0 Å². The van der Waals surface area contributed by atoms with Crippen LogP contribution in [0.1, 0.15) is 45.3 Å². The Hall–Kier alpha value is -2.41. The number of amides is 1. The van der Waals surface area contributed by atoms with Crippen LogP contribution in [-0.4, -0.2) is 32.0 Å². The average Bonchev–Trinajstić information content (AvgIpc) is 3.27. The maximum atomic E-state index is 13.4. The Bertz CT molecular complexity index is 912. The van der Waals surface area contributed by atoms with Gasteiger partial charge in [-0.25, -0.2) is 4.98 Å².